The largest absolute Gasteiger partial charge is 0.341 e. The standard InChI is InChI=1S/C11H19N3O2S/c15-10(13-3-1-12-2-4-13)9-11(16)14-5-7-17-8-6-14/h12H,1-9H2. The molecule has 0 spiro atoms. The molecule has 17 heavy (non-hydrogen) atoms. The van der Waals surface area contributed by atoms with E-state index in [4.69, 9.17) is 0 Å². The van der Waals surface area contributed by atoms with Gasteiger partial charge in [0.15, 0.2) is 0 Å². The molecule has 96 valence electrons. The lowest BCUT2D eigenvalue weighted by atomic mass is 10.2. The molecule has 2 heterocycles. The van der Waals surface area contributed by atoms with Crippen LogP contribution < -0.4 is 5.32 Å². The summed E-state index contributed by atoms with van der Waals surface area (Å²) in [4.78, 5) is 27.4. The smallest absolute Gasteiger partial charge is 0.232 e. The molecule has 0 aromatic heterocycles. The van der Waals surface area contributed by atoms with E-state index in [2.05, 4.69) is 5.32 Å². The molecule has 0 aromatic carbocycles. The van der Waals surface area contributed by atoms with Crippen LogP contribution in [0.25, 0.3) is 0 Å². The zero-order chi connectivity index (χ0) is 12.1. The summed E-state index contributed by atoms with van der Waals surface area (Å²) >= 11 is 1.87. The van der Waals surface area contributed by atoms with Crippen LogP contribution in [0, 0.1) is 0 Å². The van der Waals surface area contributed by atoms with Gasteiger partial charge in [-0.15, -0.1) is 0 Å². The maximum atomic E-state index is 11.9. The van der Waals surface area contributed by atoms with Crippen molar-refractivity contribution in [3.63, 3.8) is 0 Å². The van der Waals surface area contributed by atoms with Crippen LogP contribution in [0.15, 0.2) is 0 Å². The molecule has 2 saturated heterocycles. The van der Waals surface area contributed by atoms with Crippen molar-refractivity contribution < 1.29 is 9.59 Å². The van der Waals surface area contributed by atoms with Crippen molar-refractivity contribution in [3.8, 4) is 0 Å². The molecule has 5 nitrogen and oxygen atoms in total. The summed E-state index contributed by atoms with van der Waals surface area (Å²) in [6, 6.07) is 0. The first-order chi connectivity index (χ1) is 8.27. The van der Waals surface area contributed by atoms with Gasteiger partial charge in [-0.05, 0) is 0 Å². The third-order valence-electron chi connectivity index (χ3n) is 3.14. The van der Waals surface area contributed by atoms with Crippen molar-refractivity contribution in [2.75, 3.05) is 50.8 Å². The van der Waals surface area contributed by atoms with Crippen LogP contribution in [0.4, 0.5) is 0 Å². The third-order valence-corrected chi connectivity index (χ3v) is 4.08. The number of rotatable bonds is 2. The Morgan fingerprint density at radius 3 is 2.06 bits per heavy atom. The second-order valence-electron chi connectivity index (χ2n) is 4.30. The first-order valence-corrected chi connectivity index (χ1v) is 7.27. The predicted molar refractivity (Wildman–Crippen MR) is 68.0 cm³/mol. The number of amides is 2. The molecule has 0 unspecified atom stereocenters. The fourth-order valence-corrected chi connectivity index (χ4v) is 2.98. The lowest BCUT2D eigenvalue weighted by molar-refractivity contribution is -0.140. The molecule has 2 rings (SSSR count). The van der Waals surface area contributed by atoms with E-state index in [0.717, 1.165) is 50.8 Å². The van der Waals surface area contributed by atoms with Crippen LogP contribution >= 0.6 is 11.8 Å². The molecule has 0 aliphatic carbocycles. The summed E-state index contributed by atoms with van der Waals surface area (Å²) in [6.07, 6.45) is 0.0463. The highest BCUT2D eigenvalue weighted by molar-refractivity contribution is 7.99. The molecular formula is C11H19N3O2S. The number of nitrogens with zero attached hydrogens (tertiary/aromatic N) is 2. The summed E-state index contributed by atoms with van der Waals surface area (Å²) in [7, 11) is 0. The molecule has 2 aliphatic heterocycles. The summed E-state index contributed by atoms with van der Waals surface area (Å²) in [5, 5.41) is 3.19. The van der Waals surface area contributed by atoms with E-state index in [0.29, 0.717) is 0 Å². The predicted octanol–water partition coefficient (Wildman–Crippen LogP) is -0.616. The van der Waals surface area contributed by atoms with Crippen LogP contribution in [0.1, 0.15) is 6.42 Å². The molecule has 2 amide bonds. The number of hydrogen-bond acceptors (Lipinski definition) is 4. The Kier molecular flexibility index (Phi) is 4.67. The summed E-state index contributed by atoms with van der Waals surface area (Å²) in [6.45, 7) is 4.70. The normalized spacial score (nSPS) is 21.4. The van der Waals surface area contributed by atoms with Crippen molar-refractivity contribution >= 4 is 23.6 Å². The maximum absolute atomic E-state index is 11.9. The monoisotopic (exact) mass is 257 g/mol. The van der Waals surface area contributed by atoms with Gasteiger partial charge < -0.3 is 15.1 Å². The van der Waals surface area contributed by atoms with Gasteiger partial charge in [0.05, 0.1) is 0 Å². The van der Waals surface area contributed by atoms with Crippen molar-refractivity contribution in [2.24, 2.45) is 0 Å². The van der Waals surface area contributed by atoms with Gasteiger partial charge in [0.25, 0.3) is 0 Å². The van der Waals surface area contributed by atoms with E-state index in [9.17, 15) is 9.59 Å². The van der Waals surface area contributed by atoms with Gasteiger partial charge in [0, 0.05) is 50.8 Å². The minimum atomic E-state index is -0.0188. The van der Waals surface area contributed by atoms with Crippen molar-refractivity contribution in [1.29, 1.82) is 0 Å². The average molecular weight is 257 g/mol. The first kappa shape index (κ1) is 12.7. The lowest BCUT2D eigenvalue weighted by Crippen LogP contribution is -2.48. The molecular weight excluding hydrogens is 238 g/mol. The van der Waals surface area contributed by atoms with E-state index >= 15 is 0 Å². The number of nitrogens with one attached hydrogen (secondary N) is 1. The second-order valence-corrected chi connectivity index (χ2v) is 5.53. The van der Waals surface area contributed by atoms with Gasteiger partial charge in [0.1, 0.15) is 6.42 Å². The Balaban J connectivity index is 1.78. The minimum Gasteiger partial charge on any atom is -0.341 e. The molecule has 0 radical (unpaired) electrons. The minimum absolute atomic E-state index is 0.00571. The van der Waals surface area contributed by atoms with Gasteiger partial charge in [-0.3, -0.25) is 9.59 Å². The Hall–Kier alpha value is -0.750. The highest BCUT2D eigenvalue weighted by Gasteiger charge is 2.23. The van der Waals surface area contributed by atoms with Crippen molar-refractivity contribution in [3.05, 3.63) is 0 Å². The molecule has 2 aliphatic rings. The zero-order valence-corrected chi connectivity index (χ0v) is 10.8. The number of thioether (sulfide) groups is 1. The number of carbonyl (C=O) groups is 2. The topological polar surface area (TPSA) is 52.7 Å². The number of piperazine rings is 1. The highest BCUT2D eigenvalue weighted by Crippen LogP contribution is 2.10. The van der Waals surface area contributed by atoms with Crippen molar-refractivity contribution in [1.82, 2.24) is 15.1 Å². The van der Waals surface area contributed by atoms with Crippen LogP contribution in [0.5, 0.6) is 0 Å². The molecule has 0 saturated carbocycles. The SMILES string of the molecule is O=C(CC(=O)N1CCSCC1)N1CCNCC1. The average Bonchev–Trinajstić information content (AvgIpc) is 2.40. The molecule has 6 heteroatoms. The van der Waals surface area contributed by atoms with Crippen molar-refractivity contribution in [2.45, 2.75) is 6.42 Å². The van der Waals surface area contributed by atoms with Gasteiger partial charge in [-0.1, -0.05) is 0 Å². The van der Waals surface area contributed by atoms with Gasteiger partial charge >= 0.3 is 0 Å². The van der Waals surface area contributed by atoms with Crippen LogP contribution in [0.3, 0.4) is 0 Å². The Morgan fingerprint density at radius 1 is 0.941 bits per heavy atom. The van der Waals surface area contributed by atoms with Gasteiger partial charge in [0.2, 0.25) is 11.8 Å². The van der Waals surface area contributed by atoms with Gasteiger partial charge in [-0.25, -0.2) is 0 Å². The maximum Gasteiger partial charge on any atom is 0.232 e. The molecule has 0 atom stereocenters. The molecule has 0 aromatic rings. The van der Waals surface area contributed by atoms with Crippen LogP contribution in [-0.4, -0.2) is 72.4 Å². The fourth-order valence-electron chi connectivity index (χ4n) is 2.08. The van der Waals surface area contributed by atoms with E-state index in [-0.39, 0.29) is 18.2 Å². The van der Waals surface area contributed by atoms with Crippen LogP contribution in [0.2, 0.25) is 0 Å². The summed E-state index contributed by atoms with van der Waals surface area (Å²) < 4.78 is 0. The molecule has 1 N–H and O–H groups in total. The number of carbonyl (C=O) groups excluding carboxylic acids is 2. The number of hydrogen-bond donors (Lipinski definition) is 1. The van der Waals surface area contributed by atoms with Gasteiger partial charge in [-0.2, -0.15) is 11.8 Å². The van der Waals surface area contributed by atoms with E-state index < -0.39 is 0 Å². The zero-order valence-electron chi connectivity index (χ0n) is 9.98. The summed E-state index contributed by atoms with van der Waals surface area (Å²) in [5.74, 6) is 1.96. The fraction of sp³-hybridized carbons (Fsp3) is 0.818. The Morgan fingerprint density at radius 2 is 1.47 bits per heavy atom. The Bertz CT molecular complexity index is 258. The first-order valence-electron chi connectivity index (χ1n) is 6.11. The van der Waals surface area contributed by atoms with E-state index in [1.54, 1.807) is 4.90 Å². The Labute approximate surface area is 106 Å². The second kappa shape index (κ2) is 6.26. The van der Waals surface area contributed by atoms with E-state index in [1.165, 1.54) is 0 Å². The molecule has 2 fully saturated rings. The summed E-state index contributed by atoms with van der Waals surface area (Å²) in [5.41, 5.74) is 0. The van der Waals surface area contributed by atoms with E-state index in [1.807, 2.05) is 16.7 Å². The quantitative estimate of drug-likeness (QED) is 0.670. The highest BCUT2D eigenvalue weighted by atomic mass is 32.2. The van der Waals surface area contributed by atoms with Crippen LogP contribution in [-0.2, 0) is 9.59 Å². The molecule has 0 bridgehead atoms. The third kappa shape index (κ3) is 3.61. The lowest BCUT2D eigenvalue weighted by Gasteiger charge is -2.30.